The Kier molecular flexibility index (Phi) is 5.23. The highest BCUT2D eigenvalue weighted by Gasteiger charge is 2.00. The van der Waals surface area contributed by atoms with Gasteiger partial charge in [0.05, 0.1) is 11.6 Å². The molecule has 0 spiro atoms. The maximum atomic E-state index is 8.75. The molecule has 0 heterocycles. The van der Waals surface area contributed by atoms with Gasteiger partial charge in [0, 0.05) is 18.3 Å². The van der Waals surface area contributed by atoms with Crippen LogP contribution in [0.1, 0.15) is 18.1 Å². The zero-order chi connectivity index (χ0) is 11.1. The second-order valence-corrected chi connectivity index (χ2v) is 4.46. The minimum Gasteiger partial charge on any atom is -0.309 e. The van der Waals surface area contributed by atoms with Gasteiger partial charge in [0.25, 0.3) is 0 Å². The number of thioether (sulfide) groups is 1. The molecule has 1 atom stereocenters. The summed E-state index contributed by atoms with van der Waals surface area (Å²) in [5.41, 5.74) is 1.90. The SMILES string of the molecule is CSCC(C)NCc1cccc(C#N)c1. The first-order valence-corrected chi connectivity index (χ1v) is 6.37. The van der Waals surface area contributed by atoms with Crippen LogP contribution in [-0.2, 0) is 6.54 Å². The van der Waals surface area contributed by atoms with Crippen LogP contribution in [0.25, 0.3) is 0 Å². The van der Waals surface area contributed by atoms with Gasteiger partial charge in [0.2, 0.25) is 0 Å². The average molecular weight is 220 g/mol. The third-order valence-corrected chi connectivity index (χ3v) is 2.96. The minimum absolute atomic E-state index is 0.505. The summed E-state index contributed by atoms with van der Waals surface area (Å²) in [7, 11) is 0. The zero-order valence-electron chi connectivity index (χ0n) is 9.16. The highest BCUT2D eigenvalue weighted by Crippen LogP contribution is 2.04. The minimum atomic E-state index is 0.505. The second-order valence-electron chi connectivity index (χ2n) is 3.55. The van der Waals surface area contributed by atoms with Crippen LogP contribution in [0.4, 0.5) is 0 Å². The van der Waals surface area contributed by atoms with Gasteiger partial charge in [-0.2, -0.15) is 17.0 Å². The van der Waals surface area contributed by atoms with Gasteiger partial charge in [-0.25, -0.2) is 0 Å². The smallest absolute Gasteiger partial charge is 0.0991 e. The molecule has 0 aliphatic carbocycles. The molecule has 0 aliphatic rings. The Hall–Kier alpha value is -0.980. The van der Waals surface area contributed by atoms with Crippen molar-refractivity contribution in [2.45, 2.75) is 19.5 Å². The van der Waals surface area contributed by atoms with Gasteiger partial charge in [-0.3, -0.25) is 0 Å². The molecule has 0 aliphatic heterocycles. The van der Waals surface area contributed by atoms with Crippen LogP contribution in [0, 0.1) is 11.3 Å². The molecule has 80 valence electrons. The van der Waals surface area contributed by atoms with Crippen LogP contribution in [-0.4, -0.2) is 18.1 Å². The maximum Gasteiger partial charge on any atom is 0.0991 e. The molecule has 1 aromatic carbocycles. The molecular formula is C12H16N2S. The molecule has 1 unspecified atom stereocenters. The van der Waals surface area contributed by atoms with Crippen LogP contribution in [0.3, 0.4) is 0 Å². The monoisotopic (exact) mass is 220 g/mol. The fraction of sp³-hybridized carbons (Fsp3) is 0.417. The van der Waals surface area contributed by atoms with Gasteiger partial charge in [-0.1, -0.05) is 12.1 Å². The summed E-state index contributed by atoms with van der Waals surface area (Å²) < 4.78 is 0. The van der Waals surface area contributed by atoms with E-state index >= 15 is 0 Å². The quantitative estimate of drug-likeness (QED) is 0.827. The Bertz CT molecular complexity index is 344. The van der Waals surface area contributed by atoms with Crippen molar-refractivity contribution in [1.29, 1.82) is 5.26 Å². The summed E-state index contributed by atoms with van der Waals surface area (Å²) >= 11 is 1.84. The van der Waals surface area contributed by atoms with E-state index in [9.17, 15) is 0 Å². The van der Waals surface area contributed by atoms with Crippen LogP contribution in [0.2, 0.25) is 0 Å². The molecule has 0 saturated carbocycles. The number of hydrogen-bond donors (Lipinski definition) is 1. The molecule has 1 N–H and O–H groups in total. The van der Waals surface area contributed by atoms with E-state index < -0.39 is 0 Å². The molecule has 1 aromatic rings. The lowest BCUT2D eigenvalue weighted by Gasteiger charge is -2.12. The van der Waals surface area contributed by atoms with Crippen LogP contribution >= 0.6 is 11.8 Å². The molecule has 3 heteroatoms. The maximum absolute atomic E-state index is 8.75. The molecule has 0 bridgehead atoms. The molecule has 0 radical (unpaired) electrons. The van der Waals surface area contributed by atoms with E-state index in [1.807, 2.05) is 36.0 Å². The highest BCUT2D eigenvalue weighted by atomic mass is 32.2. The van der Waals surface area contributed by atoms with Crippen molar-refractivity contribution >= 4 is 11.8 Å². The van der Waals surface area contributed by atoms with E-state index in [-0.39, 0.29) is 0 Å². The van der Waals surface area contributed by atoms with Crippen LogP contribution < -0.4 is 5.32 Å². The lowest BCUT2D eigenvalue weighted by atomic mass is 10.1. The Balaban J connectivity index is 2.47. The van der Waals surface area contributed by atoms with Gasteiger partial charge >= 0.3 is 0 Å². The molecule has 0 saturated heterocycles. The first-order valence-electron chi connectivity index (χ1n) is 4.97. The number of hydrogen-bond acceptors (Lipinski definition) is 3. The lowest BCUT2D eigenvalue weighted by molar-refractivity contribution is 0.596. The topological polar surface area (TPSA) is 35.8 Å². The molecule has 0 amide bonds. The largest absolute Gasteiger partial charge is 0.309 e. The van der Waals surface area contributed by atoms with E-state index in [2.05, 4.69) is 24.6 Å². The summed E-state index contributed by atoms with van der Waals surface area (Å²) in [6.45, 7) is 3.00. The standard InChI is InChI=1S/C12H16N2S/c1-10(9-15-2)14-8-12-5-3-4-11(6-12)7-13/h3-6,10,14H,8-9H2,1-2H3. The van der Waals surface area contributed by atoms with Crippen molar-refractivity contribution < 1.29 is 0 Å². The number of rotatable bonds is 5. The van der Waals surface area contributed by atoms with Gasteiger partial charge < -0.3 is 5.32 Å². The normalized spacial score (nSPS) is 12.1. The average Bonchev–Trinajstić information content (AvgIpc) is 2.27. The first kappa shape index (κ1) is 12.1. The van der Waals surface area contributed by atoms with Gasteiger partial charge in [-0.05, 0) is 30.9 Å². The first-order chi connectivity index (χ1) is 7.26. The van der Waals surface area contributed by atoms with Crippen molar-refractivity contribution in [3.8, 4) is 6.07 Å². The molecule has 0 aromatic heterocycles. The van der Waals surface area contributed by atoms with E-state index in [0.717, 1.165) is 17.9 Å². The summed E-state index contributed by atoms with van der Waals surface area (Å²) in [5.74, 6) is 1.11. The van der Waals surface area contributed by atoms with E-state index in [4.69, 9.17) is 5.26 Å². The molecule has 1 rings (SSSR count). The zero-order valence-corrected chi connectivity index (χ0v) is 9.97. The summed E-state index contributed by atoms with van der Waals surface area (Å²) in [6, 6.07) is 10.4. The van der Waals surface area contributed by atoms with Gasteiger partial charge in [0.1, 0.15) is 0 Å². The Morgan fingerprint density at radius 1 is 1.53 bits per heavy atom. The number of nitriles is 1. The van der Waals surface area contributed by atoms with E-state index in [1.54, 1.807) is 0 Å². The summed E-state index contributed by atoms with van der Waals surface area (Å²) in [4.78, 5) is 0. The number of benzene rings is 1. The van der Waals surface area contributed by atoms with Crippen molar-refractivity contribution in [2.75, 3.05) is 12.0 Å². The molecular weight excluding hydrogens is 204 g/mol. The number of nitrogens with one attached hydrogen (secondary N) is 1. The number of nitrogens with zero attached hydrogens (tertiary/aromatic N) is 1. The van der Waals surface area contributed by atoms with Crippen molar-refractivity contribution in [3.63, 3.8) is 0 Å². The van der Waals surface area contributed by atoms with Crippen molar-refractivity contribution in [3.05, 3.63) is 35.4 Å². The Morgan fingerprint density at radius 2 is 2.33 bits per heavy atom. The summed E-state index contributed by atoms with van der Waals surface area (Å²) in [6.07, 6.45) is 2.11. The second kappa shape index (κ2) is 6.49. The summed E-state index contributed by atoms with van der Waals surface area (Å²) in [5, 5.41) is 12.2. The van der Waals surface area contributed by atoms with Crippen LogP contribution in [0.15, 0.2) is 24.3 Å². The van der Waals surface area contributed by atoms with Crippen molar-refractivity contribution in [1.82, 2.24) is 5.32 Å². The van der Waals surface area contributed by atoms with Crippen LogP contribution in [0.5, 0.6) is 0 Å². The van der Waals surface area contributed by atoms with Gasteiger partial charge in [0.15, 0.2) is 0 Å². The predicted molar refractivity (Wildman–Crippen MR) is 65.8 cm³/mol. The van der Waals surface area contributed by atoms with Crippen molar-refractivity contribution in [2.24, 2.45) is 0 Å². The molecule has 2 nitrogen and oxygen atoms in total. The fourth-order valence-electron chi connectivity index (χ4n) is 1.35. The van der Waals surface area contributed by atoms with E-state index in [0.29, 0.717) is 6.04 Å². The Labute approximate surface area is 95.7 Å². The Morgan fingerprint density at radius 3 is 3.00 bits per heavy atom. The van der Waals surface area contributed by atoms with Gasteiger partial charge in [-0.15, -0.1) is 0 Å². The predicted octanol–water partition coefficient (Wildman–Crippen LogP) is 2.40. The molecule has 0 fully saturated rings. The lowest BCUT2D eigenvalue weighted by Crippen LogP contribution is -2.27. The third-order valence-electron chi connectivity index (χ3n) is 2.13. The highest BCUT2D eigenvalue weighted by molar-refractivity contribution is 7.98. The van der Waals surface area contributed by atoms with E-state index in [1.165, 1.54) is 5.56 Å². The fourth-order valence-corrected chi connectivity index (χ4v) is 1.97. The third kappa shape index (κ3) is 4.37. The molecule has 15 heavy (non-hydrogen) atoms.